The number of rotatable bonds is 3. The van der Waals surface area contributed by atoms with Crippen LogP contribution in [0.2, 0.25) is 0 Å². The second kappa shape index (κ2) is 8.17. The lowest BCUT2D eigenvalue weighted by molar-refractivity contribution is 0.184. The third kappa shape index (κ3) is 4.56. The van der Waals surface area contributed by atoms with Crippen LogP contribution in [0.25, 0.3) is 0 Å². The maximum Gasteiger partial charge on any atom is 0.128 e. The van der Waals surface area contributed by atoms with Gasteiger partial charge in [-0.2, -0.15) is 0 Å². The molecule has 2 nitrogen and oxygen atoms in total. The summed E-state index contributed by atoms with van der Waals surface area (Å²) in [5.74, 6) is 5.09. The van der Waals surface area contributed by atoms with Gasteiger partial charge in [0.25, 0.3) is 0 Å². The van der Waals surface area contributed by atoms with Crippen molar-refractivity contribution in [3.63, 3.8) is 0 Å². The molecule has 21 heavy (non-hydrogen) atoms. The maximum absolute atomic E-state index is 14.2. The summed E-state index contributed by atoms with van der Waals surface area (Å²) >= 11 is 0. The van der Waals surface area contributed by atoms with Gasteiger partial charge in [-0.25, -0.2) is 4.39 Å². The van der Waals surface area contributed by atoms with Gasteiger partial charge >= 0.3 is 0 Å². The number of aliphatic hydroxyl groups excluding tert-OH is 1. The van der Waals surface area contributed by atoms with Crippen molar-refractivity contribution in [1.29, 1.82) is 0 Å². The molecule has 2 rings (SSSR count). The van der Waals surface area contributed by atoms with Crippen LogP contribution in [0.5, 0.6) is 0 Å². The molecule has 1 saturated heterocycles. The molecular formula is C18H24FNO. The summed E-state index contributed by atoms with van der Waals surface area (Å²) in [6.45, 7) is 3.75. The van der Waals surface area contributed by atoms with Gasteiger partial charge in [-0.3, -0.25) is 4.90 Å². The van der Waals surface area contributed by atoms with Gasteiger partial charge in [0.1, 0.15) is 12.4 Å². The lowest BCUT2D eigenvalue weighted by Gasteiger charge is -2.29. The zero-order valence-electron chi connectivity index (χ0n) is 12.7. The Balaban J connectivity index is 2.10. The van der Waals surface area contributed by atoms with E-state index in [1.165, 1.54) is 31.7 Å². The van der Waals surface area contributed by atoms with E-state index in [2.05, 4.69) is 23.7 Å². The molecule has 0 amide bonds. The van der Waals surface area contributed by atoms with Crippen molar-refractivity contribution in [2.24, 2.45) is 0 Å². The lowest BCUT2D eigenvalue weighted by atomic mass is 10.1. The number of benzene rings is 1. The zero-order chi connectivity index (χ0) is 15.1. The number of aliphatic hydroxyl groups is 1. The van der Waals surface area contributed by atoms with E-state index in [9.17, 15) is 4.39 Å². The molecule has 114 valence electrons. The first-order chi connectivity index (χ1) is 10.2. The van der Waals surface area contributed by atoms with Gasteiger partial charge in [0.05, 0.1) is 0 Å². The summed E-state index contributed by atoms with van der Waals surface area (Å²) in [5.41, 5.74) is 1.36. The Morgan fingerprint density at radius 2 is 2.19 bits per heavy atom. The molecule has 1 unspecified atom stereocenters. The first-order valence-electron chi connectivity index (χ1n) is 7.86. The zero-order valence-corrected chi connectivity index (χ0v) is 12.7. The second-order valence-electron chi connectivity index (χ2n) is 5.65. The number of nitrogens with zero attached hydrogens (tertiary/aromatic N) is 1. The fourth-order valence-electron chi connectivity index (χ4n) is 3.02. The molecule has 1 aromatic carbocycles. The Labute approximate surface area is 127 Å². The van der Waals surface area contributed by atoms with E-state index in [1.807, 2.05) is 12.1 Å². The molecule has 0 aromatic heterocycles. The summed E-state index contributed by atoms with van der Waals surface area (Å²) in [6, 6.07) is 5.70. The van der Waals surface area contributed by atoms with Crippen LogP contribution in [0.3, 0.4) is 0 Å². The van der Waals surface area contributed by atoms with Crippen LogP contribution in [0.1, 0.15) is 50.2 Å². The fraction of sp³-hybridized carbons (Fsp3) is 0.556. The van der Waals surface area contributed by atoms with Crippen LogP contribution >= 0.6 is 0 Å². The Kier molecular flexibility index (Phi) is 6.22. The van der Waals surface area contributed by atoms with E-state index < -0.39 is 0 Å². The van der Waals surface area contributed by atoms with Crippen molar-refractivity contribution in [3.05, 3.63) is 35.1 Å². The number of likely N-dealkylation sites (tertiary alicyclic amines) is 1. The topological polar surface area (TPSA) is 23.5 Å². The normalized spacial score (nSPS) is 19.7. The molecule has 1 fully saturated rings. The predicted octanol–water partition coefficient (Wildman–Crippen LogP) is 3.32. The average molecular weight is 289 g/mol. The van der Waals surface area contributed by atoms with E-state index in [1.54, 1.807) is 0 Å². The van der Waals surface area contributed by atoms with Crippen molar-refractivity contribution < 1.29 is 9.50 Å². The molecule has 0 radical (unpaired) electrons. The highest BCUT2D eigenvalue weighted by Gasteiger charge is 2.20. The number of hydrogen-bond acceptors (Lipinski definition) is 2. The van der Waals surface area contributed by atoms with Crippen LogP contribution in [-0.2, 0) is 6.54 Å². The Morgan fingerprint density at radius 3 is 2.90 bits per heavy atom. The van der Waals surface area contributed by atoms with Crippen LogP contribution in [0, 0.1) is 17.7 Å². The molecule has 0 saturated carbocycles. The summed E-state index contributed by atoms with van der Waals surface area (Å²) in [4.78, 5) is 2.42. The summed E-state index contributed by atoms with van der Waals surface area (Å²) < 4.78 is 14.2. The van der Waals surface area contributed by atoms with Crippen molar-refractivity contribution in [2.45, 2.75) is 51.6 Å². The van der Waals surface area contributed by atoms with E-state index in [-0.39, 0.29) is 12.4 Å². The minimum absolute atomic E-state index is 0.196. The molecule has 3 heteroatoms. The molecule has 1 aromatic rings. The minimum atomic E-state index is -0.199. The van der Waals surface area contributed by atoms with Crippen LogP contribution in [0.4, 0.5) is 4.39 Å². The highest BCUT2D eigenvalue weighted by Crippen LogP contribution is 2.22. The van der Waals surface area contributed by atoms with E-state index in [0.717, 1.165) is 18.5 Å². The van der Waals surface area contributed by atoms with Crippen LogP contribution in [0.15, 0.2) is 18.2 Å². The number of hydrogen-bond donors (Lipinski definition) is 1. The second-order valence-corrected chi connectivity index (χ2v) is 5.65. The first-order valence-corrected chi connectivity index (χ1v) is 7.86. The molecule has 0 aliphatic carbocycles. The van der Waals surface area contributed by atoms with Crippen LogP contribution in [-0.4, -0.2) is 29.2 Å². The van der Waals surface area contributed by atoms with Crippen LogP contribution < -0.4 is 0 Å². The third-order valence-electron chi connectivity index (χ3n) is 4.21. The van der Waals surface area contributed by atoms with Gasteiger partial charge in [-0.1, -0.05) is 37.7 Å². The molecular weight excluding hydrogens is 265 g/mol. The molecule has 1 heterocycles. The van der Waals surface area contributed by atoms with Crippen molar-refractivity contribution in [1.82, 2.24) is 4.90 Å². The van der Waals surface area contributed by atoms with Gasteiger partial charge in [0, 0.05) is 23.7 Å². The molecule has 1 aliphatic heterocycles. The monoisotopic (exact) mass is 289 g/mol. The van der Waals surface area contributed by atoms with Gasteiger partial charge in [0.2, 0.25) is 0 Å². The highest BCUT2D eigenvalue weighted by molar-refractivity contribution is 5.37. The highest BCUT2D eigenvalue weighted by atomic mass is 19.1. The Bertz CT molecular complexity index is 518. The smallest absolute Gasteiger partial charge is 0.128 e. The van der Waals surface area contributed by atoms with Crippen molar-refractivity contribution in [2.75, 3.05) is 13.2 Å². The number of halogens is 1. The molecule has 0 spiro atoms. The minimum Gasteiger partial charge on any atom is -0.384 e. The quantitative estimate of drug-likeness (QED) is 0.863. The van der Waals surface area contributed by atoms with Gasteiger partial charge < -0.3 is 5.11 Å². The lowest BCUT2D eigenvalue weighted by Crippen LogP contribution is -2.34. The first kappa shape index (κ1) is 16.0. The van der Waals surface area contributed by atoms with E-state index >= 15 is 0 Å². The molecule has 1 atom stereocenters. The molecule has 1 aliphatic rings. The largest absolute Gasteiger partial charge is 0.384 e. The Morgan fingerprint density at radius 1 is 1.33 bits per heavy atom. The van der Waals surface area contributed by atoms with Crippen molar-refractivity contribution in [3.8, 4) is 11.8 Å². The van der Waals surface area contributed by atoms with Gasteiger partial charge in [0.15, 0.2) is 0 Å². The molecule has 0 bridgehead atoms. The average Bonchev–Trinajstić information content (AvgIpc) is 2.72. The third-order valence-corrected chi connectivity index (χ3v) is 4.21. The summed E-state index contributed by atoms with van der Waals surface area (Å²) in [6.07, 6.45) is 6.12. The Hall–Kier alpha value is -1.37. The van der Waals surface area contributed by atoms with Gasteiger partial charge in [-0.15, -0.1) is 0 Å². The summed E-state index contributed by atoms with van der Waals surface area (Å²) in [5, 5.41) is 8.68. The standard InChI is InChI=1S/C18H24FNO/c1-2-17-8-4-3-5-11-20(17)14-16-10-9-15(7-6-12-21)13-18(16)19/h9-10,13,17,21H,2-5,8,11-12,14H2,1H3. The molecule has 1 N–H and O–H groups in total. The fourth-order valence-corrected chi connectivity index (χ4v) is 3.02. The maximum atomic E-state index is 14.2. The SMILES string of the molecule is CCC1CCCCCN1Cc1ccc(C#CCO)cc1F. The van der Waals surface area contributed by atoms with Gasteiger partial charge in [-0.05, 0) is 37.9 Å². The van der Waals surface area contributed by atoms with Crippen molar-refractivity contribution >= 4 is 0 Å². The predicted molar refractivity (Wildman–Crippen MR) is 83.3 cm³/mol. The van der Waals surface area contributed by atoms with E-state index in [4.69, 9.17) is 5.11 Å². The van der Waals surface area contributed by atoms with E-state index in [0.29, 0.717) is 18.2 Å². The summed E-state index contributed by atoms with van der Waals surface area (Å²) in [7, 11) is 0.